The maximum Gasteiger partial charge on any atom is 0.271 e. The molecule has 11 heteroatoms. The molecular weight excluding hydrogens is 441 g/mol. The van der Waals surface area contributed by atoms with E-state index in [2.05, 4.69) is 25.3 Å². The fourth-order valence-electron chi connectivity index (χ4n) is 2.48. The Morgan fingerprint density at radius 3 is 2.57 bits per heavy atom. The van der Waals surface area contributed by atoms with Crippen LogP contribution in [0.4, 0.5) is 5.69 Å². The van der Waals surface area contributed by atoms with Crippen molar-refractivity contribution in [3.63, 3.8) is 0 Å². The van der Waals surface area contributed by atoms with Gasteiger partial charge in [0.1, 0.15) is 4.21 Å². The van der Waals surface area contributed by atoms with E-state index in [-0.39, 0.29) is 4.21 Å². The molecule has 0 bridgehead atoms. The Balaban J connectivity index is 1.60. The number of rotatable bonds is 5. The summed E-state index contributed by atoms with van der Waals surface area (Å²) in [6.45, 7) is 0. The first kappa shape index (κ1) is 18.9. The highest BCUT2D eigenvalue weighted by Gasteiger charge is 2.18. The van der Waals surface area contributed by atoms with Gasteiger partial charge in [-0.1, -0.05) is 41.4 Å². The van der Waals surface area contributed by atoms with Crippen molar-refractivity contribution in [2.75, 3.05) is 4.72 Å². The lowest BCUT2D eigenvalue weighted by Crippen LogP contribution is -2.11. The van der Waals surface area contributed by atoms with E-state index >= 15 is 0 Å². The molecule has 2 N–H and O–H groups in total. The number of thiophene rings is 1. The zero-order chi connectivity index (χ0) is 19.7. The van der Waals surface area contributed by atoms with E-state index in [9.17, 15) is 8.42 Å². The minimum absolute atomic E-state index is 0.179. The quantitative estimate of drug-likeness (QED) is 0.457. The smallest absolute Gasteiger partial charge is 0.271 e. The maximum absolute atomic E-state index is 12.8. The molecule has 0 aliphatic heterocycles. The number of nitrogens with one attached hydrogen (secondary N) is 2. The molecule has 0 radical (unpaired) electrons. The maximum atomic E-state index is 12.8. The van der Waals surface area contributed by atoms with Crippen LogP contribution in [0.5, 0.6) is 0 Å². The predicted octanol–water partition coefficient (Wildman–Crippen LogP) is 4.70. The van der Waals surface area contributed by atoms with E-state index in [4.69, 9.17) is 23.2 Å². The summed E-state index contributed by atoms with van der Waals surface area (Å²) in [7, 11) is -3.76. The van der Waals surface area contributed by atoms with Crippen LogP contribution in [0.1, 0.15) is 0 Å². The molecule has 4 aromatic rings. The van der Waals surface area contributed by atoms with Crippen LogP contribution in [0.15, 0.2) is 58.8 Å². The van der Waals surface area contributed by atoms with Crippen LogP contribution < -0.4 is 4.72 Å². The lowest BCUT2D eigenvalue weighted by atomic mass is 10.2. The summed E-state index contributed by atoms with van der Waals surface area (Å²) in [5, 5.41) is 14.5. The highest BCUT2D eigenvalue weighted by Crippen LogP contribution is 2.35. The summed E-state index contributed by atoms with van der Waals surface area (Å²) < 4.78 is 28.3. The molecule has 2 heterocycles. The molecule has 0 fully saturated rings. The minimum atomic E-state index is -3.76. The predicted molar refractivity (Wildman–Crippen MR) is 110 cm³/mol. The number of aromatic nitrogens is 4. The standard InChI is InChI=1S/C17H11Cl2N5O2S2/c18-13-5-4-10(9-14(13)19)15-6-7-16(27-15)28(25,26)22-12-3-1-2-11(8-12)17-20-23-24-21-17/h1-9,22H,(H,20,21,23,24). The molecule has 0 atom stereocenters. The summed E-state index contributed by atoms with van der Waals surface area (Å²) in [6.07, 6.45) is 0. The fourth-order valence-corrected chi connectivity index (χ4v) is 5.13. The number of aromatic amines is 1. The third kappa shape index (κ3) is 3.88. The van der Waals surface area contributed by atoms with Gasteiger partial charge in [0.25, 0.3) is 10.0 Å². The number of anilines is 1. The van der Waals surface area contributed by atoms with Gasteiger partial charge in [0, 0.05) is 16.1 Å². The third-order valence-electron chi connectivity index (χ3n) is 3.77. The van der Waals surface area contributed by atoms with E-state index in [1.54, 1.807) is 54.6 Å². The molecular formula is C17H11Cl2N5O2S2. The molecule has 142 valence electrons. The summed E-state index contributed by atoms with van der Waals surface area (Å²) in [5.74, 6) is 0.374. The van der Waals surface area contributed by atoms with Crippen molar-refractivity contribution >= 4 is 50.2 Å². The number of hydrogen-bond acceptors (Lipinski definition) is 6. The van der Waals surface area contributed by atoms with Crippen LogP contribution in [0, 0.1) is 0 Å². The molecule has 0 saturated heterocycles. The van der Waals surface area contributed by atoms with Gasteiger partial charge in [-0.05, 0) is 47.2 Å². The van der Waals surface area contributed by atoms with Crippen LogP contribution in [0.3, 0.4) is 0 Å². The SMILES string of the molecule is O=S(=O)(Nc1cccc(-c2nn[nH]n2)c1)c1ccc(-c2ccc(Cl)c(Cl)c2)s1. The molecule has 0 amide bonds. The van der Waals surface area contributed by atoms with Crippen molar-refractivity contribution in [2.24, 2.45) is 0 Å². The molecule has 0 spiro atoms. The second-order valence-electron chi connectivity index (χ2n) is 5.67. The van der Waals surface area contributed by atoms with Crippen molar-refractivity contribution < 1.29 is 8.42 Å². The van der Waals surface area contributed by atoms with Gasteiger partial charge in [0.05, 0.1) is 10.0 Å². The highest BCUT2D eigenvalue weighted by molar-refractivity contribution is 7.94. The van der Waals surface area contributed by atoms with Crippen LogP contribution in [-0.2, 0) is 10.0 Å². The first-order valence-electron chi connectivity index (χ1n) is 7.84. The van der Waals surface area contributed by atoms with Crippen LogP contribution in [0.2, 0.25) is 10.0 Å². The van der Waals surface area contributed by atoms with Crippen molar-refractivity contribution in [3.8, 4) is 21.8 Å². The van der Waals surface area contributed by atoms with Crippen LogP contribution in [0.25, 0.3) is 21.8 Å². The van der Waals surface area contributed by atoms with Gasteiger partial charge in [-0.25, -0.2) is 8.42 Å². The van der Waals surface area contributed by atoms with E-state index in [0.717, 1.165) is 21.8 Å². The number of nitrogens with zero attached hydrogens (tertiary/aromatic N) is 3. The first-order chi connectivity index (χ1) is 13.4. The van der Waals surface area contributed by atoms with E-state index in [1.165, 1.54) is 0 Å². The Kier molecular flexibility index (Phi) is 5.07. The monoisotopic (exact) mass is 451 g/mol. The van der Waals surface area contributed by atoms with Gasteiger partial charge in [-0.3, -0.25) is 4.72 Å². The van der Waals surface area contributed by atoms with Crippen molar-refractivity contribution in [2.45, 2.75) is 4.21 Å². The van der Waals surface area contributed by atoms with Gasteiger partial charge in [-0.15, -0.1) is 21.5 Å². The Hall–Kier alpha value is -2.46. The van der Waals surface area contributed by atoms with Gasteiger partial charge >= 0.3 is 0 Å². The molecule has 2 aromatic heterocycles. The second kappa shape index (κ2) is 7.51. The number of hydrogen-bond donors (Lipinski definition) is 2. The third-order valence-corrected chi connectivity index (χ3v) is 7.52. The molecule has 2 aromatic carbocycles. The second-order valence-corrected chi connectivity index (χ2v) is 9.48. The molecule has 4 rings (SSSR count). The number of halogens is 2. The number of benzene rings is 2. The van der Waals surface area contributed by atoms with Gasteiger partial charge in [0.15, 0.2) is 0 Å². The Bertz CT molecular complexity index is 1240. The fraction of sp³-hybridized carbons (Fsp3) is 0. The topological polar surface area (TPSA) is 101 Å². The molecule has 7 nitrogen and oxygen atoms in total. The summed E-state index contributed by atoms with van der Waals surface area (Å²) in [5.41, 5.74) is 1.82. The highest BCUT2D eigenvalue weighted by atomic mass is 35.5. The summed E-state index contributed by atoms with van der Waals surface area (Å²) in [6, 6.07) is 15.2. The molecule has 0 unspecified atom stereocenters. The number of tetrazole rings is 1. The average Bonchev–Trinajstić information content (AvgIpc) is 3.36. The lowest BCUT2D eigenvalue weighted by Gasteiger charge is -2.07. The van der Waals surface area contributed by atoms with Crippen molar-refractivity contribution in [3.05, 3.63) is 64.6 Å². The van der Waals surface area contributed by atoms with Crippen molar-refractivity contribution in [1.29, 1.82) is 0 Å². The molecule has 0 aliphatic carbocycles. The zero-order valence-electron chi connectivity index (χ0n) is 13.9. The molecule has 28 heavy (non-hydrogen) atoms. The number of H-pyrrole nitrogens is 1. The number of sulfonamides is 1. The Morgan fingerprint density at radius 2 is 1.82 bits per heavy atom. The molecule has 0 aliphatic rings. The van der Waals surface area contributed by atoms with Gasteiger partial charge in [-0.2, -0.15) is 5.21 Å². The molecule has 0 saturated carbocycles. The first-order valence-corrected chi connectivity index (χ1v) is 10.9. The summed E-state index contributed by atoms with van der Waals surface area (Å²) >= 11 is 13.1. The zero-order valence-corrected chi connectivity index (χ0v) is 17.1. The lowest BCUT2D eigenvalue weighted by molar-refractivity contribution is 0.603. The minimum Gasteiger partial charge on any atom is -0.279 e. The van der Waals surface area contributed by atoms with Gasteiger partial charge in [0.2, 0.25) is 5.82 Å². The Morgan fingerprint density at radius 1 is 0.964 bits per heavy atom. The van der Waals surface area contributed by atoms with Crippen LogP contribution >= 0.6 is 34.5 Å². The van der Waals surface area contributed by atoms with Crippen LogP contribution in [-0.4, -0.2) is 29.0 Å². The Labute approximate surface area is 174 Å². The largest absolute Gasteiger partial charge is 0.279 e. The van der Waals surface area contributed by atoms with Gasteiger partial charge < -0.3 is 0 Å². The van der Waals surface area contributed by atoms with E-state index in [1.807, 2.05) is 0 Å². The average molecular weight is 452 g/mol. The van der Waals surface area contributed by atoms with Crippen molar-refractivity contribution in [1.82, 2.24) is 20.6 Å². The van der Waals surface area contributed by atoms with E-state index < -0.39 is 10.0 Å². The summed E-state index contributed by atoms with van der Waals surface area (Å²) in [4.78, 5) is 0.763. The normalized spacial score (nSPS) is 11.5. The van der Waals surface area contributed by atoms with E-state index in [0.29, 0.717) is 27.1 Å².